The van der Waals surface area contributed by atoms with Crippen LogP contribution in [0.4, 0.5) is 5.69 Å². The first-order chi connectivity index (χ1) is 10.3. The molecule has 3 rings (SSSR count). The fraction of sp³-hybridized carbons (Fsp3) is 0.611. The van der Waals surface area contributed by atoms with Crippen LogP contribution in [0, 0.1) is 5.92 Å². The molecule has 0 radical (unpaired) electrons. The third kappa shape index (κ3) is 2.98. The maximum Gasteiger partial charge on any atom is 0.137 e. The molecule has 0 aliphatic carbocycles. The Hall–Kier alpha value is -1.55. The van der Waals surface area contributed by atoms with E-state index in [1.807, 2.05) is 18.3 Å². The van der Waals surface area contributed by atoms with E-state index in [0.29, 0.717) is 0 Å². The lowest BCUT2D eigenvalue weighted by atomic mass is 9.90. The lowest BCUT2D eigenvalue weighted by Crippen LogP contribution is -2.33. The first kappa shape index (κ1) is 15.3. The van der Waals surface area contributed by atoms with E-state index in [9.17, 15) is 0 Å². The monoisotopic (exact) mass is 300 g/mol. The van der Waals surface area contributed by atoms with Crippen molar-refractivity contribution in [3.8, 4) is 0 Å². The van der Waals surface area contributed by atoms with Gasteiger partial charge in [-0.05, 0) is 44.0 Å². The van der Waals surface area contributed by atoms with Crippen molar-refractivity contribution in [2.75, 3.05) is 18.8 Å². The van der Waals surface area contributed by atoms with E-state index >= 15 is 0 Å². The second-order valence-electron chi connectivity index (χ2n) is 7.81. The van der Waals surface area contributed by atoms with Gasteiger partial charge in [0.15, 0.2) is 0 Å². The number of hydrogen-bond acceptors (Lipinski definition) is 3. The van der Waals surface area contributed by atoms with Crippen LogP contribution in [0.15, 0.2) is 18.3 Å². The largest absolute Gasteiger partial charge is 0.398 e. The molecule has 0 bridgehead atoms. The normalized spacial score (nSPS) is 18.2. The highest BCUT2D eigenvalue weighted by atomic mass is 15.2. The first-order valence-corrected chi connectivity index (χ1v) is 8.34. The van der Waals surface area contributed by atoms with Crippen molar-refractivity contribution in [3.05, 3.63) is 29.7 Å². The maximum absolute atomic E-state index is 6.00. The number of anilines is 1. The molecule has 0 amide bonds. The van der Waals surface area contributed by atoms with Crippen molar-refractivity contribution >= 4 is 11.3 Å². The zero-order valence-corrected chi connectivity index (χ0v) is 14.3. The van der Waals surface area contributed by atoms with Crippen molar-refractivity contribution in [2.45, 2.75) is 52.5 Å². The second-order valence-corrected chi connectivity index (χ2v) is 7.81. The van der Waals surface area contributed by atoms with Gasteiger partial charge in [0, 0.05) is 23.8 Å². The number of likely N-dealkylation sites (tertiary alicyclic amines) is 1. The van der Waals surface area contributed by atoms with Gasteiger partial charge in [-0.25, -0.2) is 4.98 Å². The van der Waals surface area contributed by atoms with Crippen LogP contribution in [0.5, 0.6) is 0 Å². The Morgan fingerprint density at radius 3 is 2.55 bits per heavy atom. The Labute approximate surface area is 133 Å². The zero-order chi connectivity index (χ0) is 15.9. The molecule has 2 aromatic heterocycles. The van der Waals surface area contributed by atoms with Crippen LogP contribution in [-0.2, 0) is 12.0 Å². The van der Waals surface area contributed by atoms with Crippen LogP contribution >= 0.6 is 0 Å². The minimum atomic E-state index is 0.0409. The molecule has 120 valence electrons. The standard InChI is InChI=1S/C18H28N4/c1-13-7-9-21(10-8-13)12-15-17(18(2,3)4)20-16-6-5-14(19)11-22(15)16/h5-6,11,13H,7-10,12,19H2,1-4H3. The lowest BCUT2D eigenvalue weighted by Gasteiger charge is -2.31. The number of fused-ring (bicyclic) bond motifs is 1. The Bertz CT molecular complexity index is 658. The number of imidazole rings is 1. The summed E-state index contributed by atoms with van der Waals surface area (Å²) in [7, 11) is 0. The molecule has 1 aliphatic rings. The van der Waals surface area contributed by atoms with E-state index in [0.717, 1.165) is 23.8 Å². The van der Waals surface area contributed by atoms with Crippen molar-refractivity contribution in [2.24, 2.45) is 5.92 Å². The van der Waals surface area contributed by atoms with Crippen LogP contribution in [0.1, 0.15) is 51.9 Å². The van der Waals surface area contributed by atoms with E-state index < -0.39 is 0 Å². The van der Waals surface area contributed by atoms with E-state index in [2.05, 4.69) is 37.0 Å². The molecular weight excluding hydrogens is 272 g/mol. The number of aromatic nitrogens is 2. The molecule has 0 spiro atoms. The van der Waals surface area contributed by atoms with Crippen molar-refractivity contribution < 1.29 is 0 Å². The minimum Gasteiger partial charge on any atom is -0.398 e. The van der Waals surface area contributed by atoms with Gasteiger partial charge in [0.1, 0.15) is 5.65 Å². The van der Waals surface area contributed by atoms with Crippen LogP contribution in [-0.4, -0.2) is 27.4 Å². The molecular formula is C18H28N4. The van der Waals surface area contributed by atoms with Gasteiger partial charge in [0.2, 0.25) is 0 Å². The summed E-state index contributed by atoms with van der Waals surface area (Å²) in [6.45, 7) is 12.4. The summed E-state index contributed by atoms with van der Waals surface area (Å²) >= 11 is 0. The summed E-state index contributed by atoms with van der Waals surface area (Å²) in [5.41, 5.74) is 10.3. The van der Waals surface area contributed by atoms with Gasteiger partial charge < -0.3 is 10.1 Å². The number of pyridine rings is 1. The van der Waals surface area contributed by atoms with E-state index in [4.69, 9.17) is 10.7 Å². The third-order valence-corrected chi connectivity index (χ3v) is 4.70. The van der Waals surface area contributed by atoms with E-state index in [-0.39, 0.29) is 5.41 Å². The number of nitrogen functional groups attached to an aromatic ring is 1. The van der Waals surface area contributed by atoms with E-state index in [1.54, 1.807) is 0 Å². The molecule has 1 fully saturated rings. The molecule has 4 nitrogen and oxygen atoms in total. The Morgan fingerprint density at radius 2 is 1.91 bits per heavy atom. The predicted molar refractivity (Wildman–Crippen MR) is 92.0 cm³/mol. The van der Waals surface area contributed by atoms with Crippen LogP contribution < -0.4 is 5.73 Å². The zero-order valence-electron chi connectivity index (χ0n) is 14.3. The summed E-state index contributed by atoms with van der Waals surface area (Å²) in [6, 6.07) is 3.95. The molecule has 4 heteroatoms. The summed E-state index contributed by atoms with van der Waals surface area (Å²) in [5.74, 6) is 0.858. The quantitative estimate of drug-likeness (QED) is 0.924. The fourth-order valence-electron chi connectivity index (χ4n) is 3.29. The fourth-order valence-corrected chi connectivity index (χ4v) is 3.29. The average Bonchev–Trinajstić information content (AvgIpc) is 2.80. The first-order valence-electron chi connectivity index (χ1n) is 8.34. The average molecular weight is 300 g/mol. The van der Waals surface area contributed by atoms with Crippen molar-refractivity contribution in [1.29, 1.82) is 0 Å². The topological polar surface area (TPSA) is 46.6 Å². The maximum atomic E-state index is 6.00. The summed E-state index contributed by atoms with van der Waals surface area (Å²) in [5, 5.41) is 0. The highest BCUT2D eigenvalue weighted by Gasteiger charge is 2.26. The minimum absolute atomic E-state index is 0.0409. The van der Waals surface area contributed by atoms with Crippen molar-refractivity contribution in [3.63, 3.8) is 0 Å². The van der Waals surface area contributed by atoms with Crippen LogP contribution in [0.3, 0.4) is 0 Å². The van der Waals surface area contributed by atoms with Gasteiger partial charge in [-0.1, -0.05) is 27.7 Å². The molecule has 22 heavy (non-hydrogen) atoms. The molecule has 0 atom stereocenters. The van der Waals surface area contributed by atoms with E-state index in [1.165, 1.54) is 37.3 Å². The summed E-state index contributed by atoms with van der Waals surface area (Å²) in [4.78, 5) is 7.44. The molecule has 0 aromatic carbocycles. The van der Waals surface area contributed by atoms with Crippen LogP contribution in [0.2, 0.25) is 0 Å². The predicted octanol–water partition coefficient (Wildman–Crippen LogP) is 3.45. The SMILES string of the molecule is CC1CCN(Cc2c(C(C)(C)C)nc3ccc(N)cn23)CC1. The molecule has 1 aliphatic heterocycles. The number of nitrogens with zero attached hydrogens (tertiary/aromatic N) is 3. The number of hydrogen-bond donors (Lipinski definition) is 1. The highest BCUT2D eigenvalue weighted by Crippen LogP contribution is 2.29. The molecule has 2 aromatic rings. The highest BCUT2D eigenvalue weighted by molar-refractivity contribution is 5.51. The van der Waals surface area contributed by atoms with Crippen molar-refractivity contribution in [1.82, 2.24) is 14.3 Å². The Balaban J connectivity index is 2.00. The molecule has 0 saturated carbocycles. The molecule has 2 N–H and O–H groups in total. The van der Waals surface area contributed by atoms with Gasteiger partial charge in [-0.15, -0.1) is 0 Å². The smallest absolute Gasteiger partial charge is 0.137 e. The number of rotatable bonds is 2. The Kier molecular flexibility index (Phi) is 3.89. The molecule has 3 heterocycles. The second kappa shape index (κ2) is 5.58. The van der Waals surface area contributed by atoms with Gasteiger partial charge in [-0.3, -0.25) is 4.90 Å². The van der Waals surface area contributed by atoms with Gasteiger partial charge in [-0.2, -0.15) is 0 Å². The number of piperidine rings is 1. The number of nitrogens with two attached hydrogens (primary N) is 1. The van der Waals surface area contributed by atoms with Crippen LogP contribution in [0.25, 0.3) is 5.65 Å². The van der Waals surface area contributed by atoms with Gasteiger partial charge in [0.05, 0.1) is 11.4 Å². The Morgan fingerprint density at radius 1 is 1.23 bits per heavy atom. The van der Waals surface area contributed by atoms with Gasteiger partial charge in [0.25, 0.3) is 0 Å². The van der Waals surface area contributed by atoms with Gasteiger partial charge >= 0.3 is 0 Å². The summed E-state index contributed by atoms with van der Waals surface area (Å²) in [6.07, 6.45) is 4.60. The lowest BCUT2D eigenvalue weighted by molar-refractivity contribution is 0.182. The molecule has 1 saturated heterocycles. The molecule has 0 unspecified atom stereocenters. The summed E-state index contributed by atoms with van der Waals surface area (Å²) < 4.78 is 2.19. The third-order valence-electron chi connectivity index (χ3n) is 4.70.